The maximum absolute atomic E-state index is 12.8. The van der Waals surface area contributed by atoms with E-state index in [-0.39, 0.29) is 17.6 Å². The molecule has 0 amide bonds. The summed E-state index contributed by atoms with van der Waals surface area (Å²) < 4.78 is 5.79. The predicted molar refractivity (Wildman–Crippen MR) is 95.3 cm³/mol. The van der Waals surface area contributed by atoms with E-state index in [4.69, 9.17) is 10.5 Å². The summed E-state index contributed by atoms with van der Waals surface area (Å²) >= 11 is 0. The van der Waals surface area contributed by atoms with Crippen molar-refractivity contribution in [3.63, 3.8) is 0 Å². The molecule has 25 heavy (non-hydrogen) atoms. The lowest BCUT2D eigenvalue weighted by Gasteiger charge is -2.39. The topological polar surface area (TPSA) is 76.1 Å². The van der Waals surface area contributed by atoms with Crippen molar-refractivity contribution in [2.24, 2.45) is 17.6 Å². The maximum atomic E-state index is 12.8. The summed E-state index contributed by atoms with van der Waals surface area (Å²) in [5.41, 5.74) is 7.75. The Morgan fingerprint density at radius 1 is 1.16 bits per heavy atom. The number of nitrogens with two attached hydrogens (primary N) is 1. The van der Waals surface area contributed by atoms with Crippen LogP contribution in [-0.4, -0.2) is 12.0 Å². The molecule has 4 atom stereocenters. The zero-order chi connectivity index (χ0) is 17.6. The van der Waals surface area contributed by atoms with E-state index in [1.807, 2.05) is 37.3 Å². The van der Waals surface area contributed by atoms with Crippen LogP contribution >= 0.6 is 0 Å². The first-order chi connectivity index (χ1) is 12.1. The molecule has 2 aliphatic rings. The van der Waals surface area contributed by atoms with Gasteiger partial charge in [-0.05, 0) is 22.3 Å². The lowest BCUT2D eigenvalue weighted by molar-refractivity contribution is -0.118. The van der Waals surface area contributed by atoms with Gasteiger partial charge < -0.3 is 4.74 Å². The molecule has 0 saturated carbocycles. The van der Waals surface area contributed by atoms with Crippen LogP contribution in [0.25, 0.3) is 10.8 Å². The van der Waals surface area contributed by atoms with Crippen LogP contribution in [0.4, 0.5) is 0 Å². The van der Waals surface area contributed by atoms with Gasteiger partial charge in [0.05, 0.1) is 6.07 Å². The Labute approximate surface area is 146 Å². The van der Waals surface area contributed by atoms with Crippen molar-refractivity contribution in [3.05, 3.63) is 59.4 Å². The number of ketones is 1. The molecule has 0 fully saturated rings. The molecule has 126 valence electrons. The number of ether oxygens (including phenoxy) is 1. The average Bonchev–Trinajstić information content (AvgIpc) is 2.59. The fraction of sp³-hybridized carbons (Fsp3) is 0.333. The zero-order valence-electron chi connectivity index (χ0n) is 14.1. The Hall–Kier alpha value is -2.64. The number of rotatable bonds is 1. The molecule has 1 aliphatic carbocycles. The average molecular weight is 332 g/mol. The van der Waals surface area contributed by atoms with Crippen molar-refractivity contribution in [1.29, 1.82) is 5.26 Å². The van der Waals surface area contributed by atoms with Crippen LogP contribution in [0.5, 0.6) is 0 Å². The van der Waals surface area contributed by atoms with E-state index in [1.54, 1.807) is 0 Å². The Bertz CT molecular complexity index is 925. The van der Waals surface area contributed by atoms with Crippen LogP contribution in [-0.2, 0) is 9.53 Å². The Kier molecular flexibility index (Phi) is 3.82. The summed E-state index contributed by atoms with van der Waals surface area (Å²) in [5, 5.41) is 11.9. The molecule has 0 bridgehead atoms. The molecular formula is C21H20N2O2. The number of carbonyl (C=O) groups is 1. The van der Waals surface area contributed by atoms with Crippen molar-refractivity contribution < 1.29 is 9.53 Å². The molecule has 0 saturated heterocycles. The van der Waals surface area contributed by atoms with E-state index in [2.05, 4.69) is 18.2 Å². The van der Waals surface area contributed by atoms with Crippen molar-refractivity contribution >= 4 is 16.6 Å². The molecule has 0 aromatic heterocycles. The maximum Gasteiger partial charge on any atom is 0.164 e. The van der Waals surface area contributed by atoms with Crippen molar-refractivity contribution in [2.45, 2.75) is 31.9 Å². The van der Waals surface area contributed by atoms with Crippen molar-refractivity contribution in [1.82, 2.24) is 0 Å². The first-order valence-corrected chi connectivity index (χ1v) is 8.65. The molecule has 2 aromatic carbocycles. The number of nitriles is 1. The molecular weight excluding hydrogens is 312 g/mol. The molecule has 1 heterocycles. The van der Waals surface area contributed by atoms with Crippen LogP contribution in [0, 0.1) is 23.2 Å². The van der Waals surface area contributed by atoms with E-state index >= 15 is 0 Å². The van der Waals surface area contributed by atoms with Crippen molar-refractivity contribution in [2.75, 3.05) is 0 Å². The predicted octanol–water partition coefficient (Wildman–Crippen LogP) is 3.63. The van der Waals surface area contributed by atoms with Gasteiger partial charge in [0, 0.05) is 24.3 Å². The van der Waals surface area contributed by atoms with Gasteiger partial charge in [-0.3, -0.25) is 10.5 Å². The molecule has 4 nitrogen and oxygen atoms in total. The highest BCUT2D eigenvalue weighted by Crippen LogP contribution is 2.45. The van der Waals surface area contributed by atoms with E-state index in [0.717, 1.165) is 16.3 Å². The third-order valence-electron chi connectivity index (χ3n) is 5.25. The SMILES string of the molecule is C[C@@H]1CC(=O)C2=C(C1)O[C@@H](N)[C@@H](C#N)[C@@H]2c1ccc2ccccc2c1. The fourth-order valence-electron chi connectivity index (χ4n) is 4.07. The third-order valence-corrected chi connectivity index (χ3v) is 5.25. The fourth-order valence-corrected chi connectivity index (χ4v) is 4.07. The first kappa shape index (κ1) is 15.9. The Balaban J connectivity index is 1.89. The van der Waals surface area contributed by atoms with Gasteiger partial charge in [0.25, 0.3) is 0 Å². The summed E-state index contributed by atoms with van der Waals surface area (Å²) in [7, 11) is 0. The molecule has 0 spiro atoms. The number of hydrogen-bond donors (Lipinski definition) is 1. The second-order valence-electron chi connectivity index (χ2n) is 7.10. The Morgan fingerprint density at radius 3 is 2.68 bits per heavy atom. The summed E-state index contributed by atoms with van der Waals surface area (Å²) in [6.45, 7) is 2.04. The normalized spacial score (nSPS) is 29.1. The van der Waals surface area contributed by atoms with Gasteiger partial charge in [0.1, 0.15) is 11.7 Å². The number of carbonyl (C=O) groups excluding carboxylic acids is 1. The summed E-state index contributed by atoms with van der Waals surface area (Å²) in [4.78, 5) is 12.8. The summed E-state index contributed by atoms with van der Waals surface area (Å²) in [6.07, 6.45) is 0.495. The van der Waals surface area contributed by atoms with Gasteiger partial charge in [-0.1, -0.05) is 49.4 Å². The second kappa shape index (κ2) is 6.02. The highest BCUT2D eigenvalue weighted by atomic mass is 16.5. The largest absolute Gasteiger partial charge is 0.478 e. The number of allylic oxidation sites excluding steroid dienone is 2. The molecule has 2 N–H and O–H groups in total. The van der Waals surface area contributed by atoms with E-state index < -0.39 is 12.1 Å². The standard InChI is InChI=1S/C21H20N2O2/c1-12-8-17(24)20-18(9-12)25-21(23)16(11-22)19(20)15-7-6-13-4-2-3-5-14(13)10-15/h2-7,10,12,16,19,21H,8-9,23H2,1H3/t12-,16+,19+,21-/m1/s1. The molecule has 1 aliphatic heterocycles. The smallest absolute Gasteiger partial charge is 0.164 e. The molecule has 4 heteroatoms. The van der Waals surface area contributed by atoms with Crippen LogP contribution in [0.15, 0.2) is 53.8 Å². The lowest BCUT2D eigenvalue weighted by atomic mass is 9.72. The minimum Gasteiger partial charge on any atom is -0.478 e. The first-order valence-electron chi connectivity index (χ1n) is 8.65. The minimum absolute atomic E-state index is 0.0825. The molecule has 4 rings (SSSR count). The second-order valence-corrected chi connectivity index (χ2v) is 7.10. The van der Waals surface area contributed by atoms with Crippen LogP contribution in [0.3, 0.4) is 0 Å². The van der Waals surface area contributed by atoms with Gasteiger partial charge in [-0.25, -0.2) is 0 Å². The van der Waals surface area contributed by atoms with Crippen LogP contribution in [0.2, 0.25) is 0 Å². The van der Waals surface area contributed by atoms with Crippen LogP contribution in [0.1, 0.15) is 31.2 Å². The summed E-state index contributed by atoms with van der Waals surface area (Å²) in [6, 6.07) is 16.5. The number of hydrogen-bond acceptors (Lipinski definition) is 4. The quantitative estimate of drug-likeness (QED) is 0.865. The molecule has 0 radical (unpaired) electrons. The number of Topliss-reactive ketones (excluding diaryl/α,β-unsaturated/α-hetero) is 1. The molecule has 0 unspecified atom stereocenters. The van der Waals surface area contributed by atoms with Crippen LogP contribution < -0.4 is 5.73 Å². The van der Waals surface area contributed by atoms with Gasteiger partial charge in [-0.15, -0.1) is 0 Å². The van der Waals surface area contributed by atoms with Gasteiger partial charge in [0.15, 0.2) is 12.0 Å². The number of benzene rings is 2. The molecule has 2 aromatic rings. The minimum atomic E-state index is -0.710. The lowest BCUT2D eigenvalue weighted by Crippen LogP contribution is -2.43. The highest BCUT2D eigenvalue weighted by Gasteiger charge is 2.44. The van der Waals surface area contributed by atoms with Crippen molar-refractivity contribution in [3.8, 4) is 6.07 Å². The van der Waals surface area contributed by atoms with E-state index in [1.165, 1.54) is 0 Å². The van der Waals surface area contributed by atoms with E-state index in [0.29, 0.717) is 24.2 Å². The van der Waals surface area contributed by atoms with Gasteiger partial charge >= 0.3 is 0 Å². The van der Waals surface area contributed by atoms with E-state index in [9.17, 15) is 10.1 Å². The number of fused-ring (bicyclic) bond motifs is 1. The third kappa shape index (κ3) is 2.61. The monoisotopic (exact) mass is 332 g/mol. The van der Waals surface area contributed by atoms with Gasteiger partial charge in [-0.2, -0.15) is 5.26 Å². The summed E-state index contributed by atoms with van der Waals surface area (Å²) in [5.74, 6) is 0.111. The van der Waals surface area contributed by atoms with Gasteiger partial charge in [0.2, 0.25) is 0 Å². The highest BCUT2D eigenvalue weighted by molar-refractivity contribution is 5.99. The zero-order valence-corrected chi connectivity index (χ0v) is 14.1. The number of nitrogens with zero attached hydrogens (tertiary/aromatic N) is 1. The Morgan fingerprint density at radius 2 is 1.92 bits per heavy atom.